The molecule has 0 aromatic rings. The number of hydrogen-bond acceptors (Lipinski definition) is 11. The fraction of sp³-hybridized carbons (Fsp3) is 0.929. The van der Waals surface area contributed by atoms with E-state index >= 15 is 0 Å². The van der Waals surface area contributed by atoms with E-state index < -0.39 is 80.5 Å². The lowest BCUT2D eigenvalue weighted by Crippen LogP contribution is -2.67. The molecule has 0 aromatic carbocycles. The zero-order valence-corrected chi connectivity index (χ0v) is 14.0. The van der Waals surface area contributed by atoms with Crippen molar-refractivity contribution in [2.45, 2.75) is 68.3 Å². The van der Waals surface area contributed by atoms with E-state index in [0.717, 1.165) is 6.92 Å². The summed E-state index contributed by atoms with van der Waals surface area (Å²) >= 11 is 0. The van der Waals surface area contributed by atoms with Crippen molar-refractivity contribution in [3.63, 3.8) is 0 Å². The fourth-order valence-electron chi connectivity index (χ4n) is 2.98. The lowest BCUT2D eigenvalue weighted by atomic mass is 9.95. The van der Waals surface area contributed by atoms with Gasteiger partial charge in [0, 0.05) is 6.92 Å². The highest BCUT2D eigenvalue weighted by Crippen LogP contribution is 2.28. The van der Waals surface area contributed by atoms with Gasteiger partial charge in [-0.15, -0.1) is 0 Å². The lowest BCUT2D eigenvalue weighted by Gasteiger charge is -2.46. The summed E-state index contributed by atoms with van der Waals surface area (Å²) in [5.41, 5.74) is 0. The Bertz CT molecular complexity index is 478. The Labute approximate surface area is 148 Å². The quantitative estimate of drug-likeness (QED) is 0.226. The maximum Gasteiger partial charge on any atom is 0.217 e. The first-order chi connectivity index (χ1) is 12.2. The van der Waals surface area contributed by atoms with Gasteiger partial charge in [-0.3, -0.25) is 4.79 Å². The summed E-state index contributed by atoms with van der Waals surface area (Å²) < 4.78 is 15.8. The molecule has 0 saturated carbocycles. The average molecular weight is 383 g/mol. The molecule has 10 atom stereocenters. The zero-order valence-electron chi connectivity index (χ0n) is 14.0. The lowest BCUT2D eigenvalue weighted by molar-refractivity contribution is -0.341. The van der Waals surface area contributed by atoms with Crippen molar-refractivity contribution in [1.82, 2.24) is 5.32 Å². The monoisotopic (exact) mass is 383 g/mol. The van der Waals surface area contributed by atoms with Crippen LogP contribution in [0.25, 0.3) is 0 Å². The van der Waals surface area contributed by atoms with Crippen molar-refractivity contribution in [1.29, 1.82) is 0 Å². The Balaban J connectivity index is 2.22. The van der Waals surface area contributed by atoms with Crippen LogP contribution in [0.15, 0.2) is 0 Å². The molecule has 2 aliphatic heterocycles. The summed E-state index contributed by atoms with van der Waals surface area (Å²) in [6, 6.07) is -1.28. The summed E-state index contributed by atoms with van der Waals surface area (Å²) in [5.74, 6) is -0.574. The molecule has 2 aliphatic rings. The van der Waals surface area contributed by atoms with Crippen LogP contribution in [0.3, 0.4) is 0 Å². The number of carbonyl (C=O) groups excluding carboxylic acids is 1. The van der Waals surface area contributed by atoms with E-state index in [2.05, 4.69) is 5.32 Å². The normalized spacial score (nSPS) is 46.8. The number of nitrogens with one attached hydrogen (secondary N) is 1. The molecule has 2 rings (SSSR count). The number of amides is 1. The summed E-state index contributed by atoms with van der Waals surface area (Å²) in [4.78, 5) is 11.4. The first kappa shape index (κ1) is 21.4. The first-order valence-electron chi connectivity index (χ1n) is 8.06. The van der Waals surface area contributed by atoms with Gasteiger partial charge >= 0.3 is 0 Å². The predicted octanol–water partition coefficient (Wildman–Crippen LogP) is -5.25. The minimum absolute atomic E-state index is 0.574. The molecule has 2 heterocycles. The molecular weight excluding hydrogens is 358 g/mol. The number of ether oxygens (including phenoxy) is 3. The Morgan fingerprint density at radius 3 is 2.08 bits per heavy atom. The van der Waals surface area contributed by atoms with Gasteiger partial charge < -0.3 is 55.3 Å². The molecule has 0 radical (unpaired) electrons. The van der Waals surface area contributed by atoms with E-state index in [9.17, 15) is 40.5 Å². The standard InChI is InChI=1S/C14H25NO11/c1-4(18)15-7-9(20)8(19)5(2-16)25-14(7)26-12-6(3-17)24-13(23)11(22)10(12)21/h5-14,16-17,19-23H,2-3H2,1H3,(H,15,18)/t5-,6-,7-,8-,9-,10-,11-,12-,13+,14-/m1/s1. The SMILES string of the molecule is CC(=O)N[C@H]1[C@@H](O[C@H]2[C@H](O)[C@@H](O)[C@@H](O)O[C@@H]2CO)O[C@H](CO)[C@@H](O)[C@@H]1O. The van der Waals surface area contributed by atoms with E-state index in [1.165, 1.54) is 0 Å². The third-order valence-electron chi connectivity index (χ3n) is 4.38. The molecule has 0 bridgehead atoms. The number of hydrogen-bond donors (Lipinski definition) is 8. The highest BCUT2D eigenvalue weighted by molar-refractivity contribution is 5.73. The highest BCUT2D eigenvalue weighted by Gasteiger charge is 2.50. The molecule has 0 aliphatic carbocycles. The molecule has 12 nitrogen and oxygen atoms in total. The van der Waals surface area contributed by atoms with E-state index in [1.54, 1.807) is 0 Å². The Kier molecular flexibility index (Phi) is 7.27. The van der Waals surface area contributed by atoms with Crippen molar-refractivity contribution < 1.29 is 54.8 Å². The second kappa shape index (κ2) is 8.84. The van der Waals surface area contributed by atoms with Crippen molar-refractivity contribution in [3.8, 4) is 0 Å². The van der Waals surface area contributed by atoms with Crippen LogP contribution in [0.4, 0.5) is 0 Å². The number of aliphatic hydroxyl groups excluding tert-OH is 7. The maximum absolute atomic E-state index is 11.4. The number of rotatable bonds is 5. The molecule has 0 aromatic heterocycles. The van der Waals surface area contributed by atoms with Gasteiger partial charge in [-0.25, -0.2) is 0 Å². The first-order valence-corrected chi connectivity index (χ1v) is 8.06. The van der Waals surface area contributed by atoms with Gasteiger partial charge in [0.05, 0.1) is 13.2 Å². The van der Waals surface area contributed by atoms with Crippen LogP contribution in [0, 0.1) is 0 Å². The maximum atomic E-state index is 11.4. The van der Waals surface area contributed by atoms with Gasteiger partial charge in [-0.1, -0.05) is 0 Å². The van der Waals surface area contributed by atoms with Crippen LogP contribution >= 0.6 is 0 Å². The molecule has 0 spiro atoms. The molecule has 0 unspecified atom stereocenters. The molecule has 152 valence electrons. The number of aliphatic hydroxyl groups is 7. The van der Waals surface area contributed by atoms with Gasteiger partial charge in [0.25, 0.3) is 0 Å². The van der Waals surface area contributed by atoms with Crippen molar-refractivity contribution >= 4 is 5.91 Å². The number of carbonyl (C=O) groups is 1. The second-order valence-electron chi connectivity index (χ2n) is 6.26. The molecule has 2 saturated heterocycles. The smallest absolute Gasteiger partial charge is 0.217 e. The Morgan fingerprint density at radius 2 is 1.54 bits per heavy atom. The van der Waals surface area contributed by atoms with Crippen molar-refractivity contribution in [2.24, 2.45) is 0 Å². The third-order valence-corrected chi connectivity index (χ3v) is 4.38. The van der Waals surface area contributed by atoms with Gasteiger partial charge in [-0.05, 0) is 0 Å². The molecule has 12 heteroatoms. The third kappa shape index (κ3) is 4.31. The summed E-state index contributed by atoms with van der Waals surface area (Å²) in [5, 5.41) is 70.5. The van der Waals surface area contributed by atoms with E-state index in [1.807, 2.05) is 0 Å². The van der Waals surface area contributed by atoms with Gasteiger partial charge in [0.15, 0.2) is 12.6 Å². The predicted molar refractivity (Wildman–Crippen MR) is 80.2 cm³/mol. The molecule has 8 N–H and O–H groups in total. The van der Waals surface area contributed by atoms with Crippen LogP contribution in [0.1, 0.15) is 6.92 Å². The highest BCUT2D eigenvalue weighted by atomic mass is 16.7. The molecule has 26 heavy (non-hydrogen) atoms. The molecular formula is C14H25NO11. The van der Waals surface area contributed by atoms with Crippen LogP contribution < -0.4 is 5.32 Å². The topological polar surface area (TPSA) is 198 Å². The minimum Gasteiger partial charge on any atom is -0.394 e. The van der Waals surface area contributed by atoms with E-state index in [-0.39, 0.29) is 0 Å². The van der Waals surface area contributed by atoms with E-state index in [0.29, 0.717) is 0 Å². The second-order valence-corrected chi connectivity index (χ2v) is 6.26. The average Bonchev–Trinajstić information content (AvgIpc) is 2.60. The Hall–Kier alpha value is -0.930. The van der Waals surface area contributed by atoms with Gasteiger partial charge in [-0.2, -0.15) is 0 Å². The van der Waals surface area contributed by atoms with Crippen LogP contribution in [0.5, 0.6) is 0 Å². The van der Waals surface area contributed by atoms with Crippen molar-refractivity contribution in [3.05, 3.63) is 0 Å². The Morgan fingerprint density at radius 1 is 0.923 bits per heavy atom. The van der Waals surface area contributed by atoms with Crippen LogP contribution in [0.2, 0.25) is 0 Å². The summed E-state index contributed by atoms with van der Waals surface area (Å²) in [6.07, 6.45) is -13.6. The van der Waals surface area contributed by atoms with Crippen LogP contribution in [-0.2, 0) is 19.0 Å². The largest absolute Gasteiger partial charge is 0.394 e. The zero-order chi connectivity index (χ0) is 19.6. The fourth-order valence-corrected chi connectivity index (χ4v) is 2.98. The summed E-state index contributed by atoms with van der Waals surface area (Å²) in [6.45, 7) is -0.194. The minimum atomic E-state index is -1.75. The van der Waals surface area contributed by atoms with Crippen molar-refractivity contribution in [2.75, 3.05) is 13.2 Å². The molecule has 2 fully saturated rings. The van der Waals surface area contributed by atoms with Crippen LogP contribution in [-0.4, -0.2) is 116 Å². The van der Waals surface area contributed by atoms with Gasteiger partial charge in [0.2, 0.25) is 5.91 Å². The summed E-state index contributed by atoms with van der Waals surface area (Å²) in [7, 11) is 0. The molecule has 1 amide bonds. The van der Waals surface area contributed by atoms with Gasteiger partial charge in [0.1, 0.15) is 48.8 Å². The van der Waals surface area contributed by atoms with E-state index in [4.69, 9.17) is 14.2 Å².